The van der Waals surface area contributed by atoms with E-state index in [2.05, 4.69) is 34.6 Å². The van der Waals surface area contributed by atoms with Gasteiger partial charge in [0, 0.05) is 17.9 Å². The van der Waals surface area contributed by atoms with Crippen molar-refractivity contribution < 1.29 is 24.2 Å². The SMILES string of the molecule is CC(=O)O[C@H]1C[C@@H]2[C@@]3(C)CCCC(C)(C)[C@@H]3CC[C@@]2(C)[C@@H]2CC=C3C(=O)O[C@@H](O)[C@@H]3[C@@]12C. The zero-order valence-electron chi connectivity index (χ0n) is 20.6. The molecule has 1 N–H and O–H groups in total. The normalized spacial score (nSPS) is 51.3. The first-order valence-electron chi connectivity index (χ1n) is 12.6. The van der Waals surface area contributed by atoms with Gasteiger partial charge in [0.15, 0.2) is 0 Å². The Morgan fingerprint density at radius 3 is 2.44 bits per heavy atom. The quantitative estimate of drug-likeness (QED) is 0.575. The Morgan fingerprint density at radius 1 is 1.06 bits per heavy atom. The van der Waals surface area contributed by atoms with Crippen molar-refractivity contribution in [2.75, 3.05) is 0 Å². The molecule has 178 valence electrons. The van der Waals surface area contributed by atoms with E-state index < -0.39 is 23.6 Å². The number of cyclic esters (lactones) is 1. The molecule has 0 aromatic carbocycles. The number of aliphatic hydroxyl groups excluding tert-OH is 1. The summed E-state index contributed by atoms with van der Waals surface area (Å²) in [6.45, 7) is 13.5. The van der Waals surface area contributed by atoms with E-state index in [9.17, 15) is 14.7 Å². The minimum absolute atomic E-state index is 0.0669. The highest BCUT2D eigenvalue weighted by atomic mass is 16.6. The van der Waals surface area contributed by atoms with Crippen LogP contribution in [0.3, 0.4) is 0 Å². The van der Waals surface area contributed by atoms with Gasteiger partial charge in [-0.25, -0.2) is 4.79 Å². The molecule has 1 heterocycles. The molecule has 1 saturated heterocycles. The van der Waals surface area contributed by atoms with E-state index in [0.29, 0.717) is 22.8 Å². The lowest BCUT2D eigenvalue weighted by Gasteiger charge is -2.70. The zero-order valence-corrected chi connectivity index (χ0v) is 20.6. The third-order valence-corrected chi connectivity index (χ3v) is 11.2. The van der Waals surface area contributed by atoms with E-state index >= 15 is 0 Å². The summed E-state index contributed by atoms with van der Waals surface area (Å²) in [4.78, 5) is 24.8. The van der Waals surface area contributed by atoms with Gasteiger partial charge in [-0.2, -0.15) is 0 Å². The molecule has 0 amide bonds. The first-order valence-corrected chi connectivity index (χ1v) is 12.6. The molecule has 0 aromatic rings. The number of aliphatic hydroxyl groups is 1. The third-order valence-electron chi connectivity index (χ3n) is 11.2. The molecule has 32 heavy (non-hydrogen) atoms. The van der Waals surface area contributed by atoms with E-state index in [1.54, 1.807) is 0 Å². The minimum atomic E-state index is -1.17. The van der Waals surface area contributed by atoms with Crippen LogP contribution in [0, 0.1) is 45.3 Å². The van der Waals surface area contributed by atoms with Crippen LogP contribution in [0.25, 0.3) is 0 Å². The van der Waals surface area contributed by atoms with Gasteiger partial charge in [0.05, 0.1) is 5.92 Å². The van der Waals surface area contributed by atoms with Crippen LogP contribution >= 0.6 is 0 Å². The first-order chi connectivity index (χ1) is 14.9. The lowest BCUT2D eigenvalue weighted by molar-refractivity contribution is -0.252. The van der Waals surface area contributed by atoms with Gasteiger partial charge < -0.3 is 14.6 Å². The number of hydrogen-bond acceptors (Lipinski definition) is 5. The number of ether oxygens (including phenoxy) is 2. The van der Waals surface area contributed by atoms with Crippen LogP contribution in [0.2, 0.25) is 0 Å². The van der Waals surface area contributed by atoms with Gasteiger partial charge in [-0.05, 0) is 72.5 Å². The lowest BCUT2D eigenvalue weighted by Crippen LogP contribution is -2.67. The number of fused-ring (bicyclic) bond motifs is 7. The summed E-state index contributed by atoms with van der Waals surface area (Å²) in [6.07, 6.45) is 8.23. The largest absolute Gasteiger partial charge is 0.462 e. The number of allylic oxidation sites excluding steroid dienone is 1. The molecule has 5 aliphatic rings. The van der Waals surface area contributed by atoms with Gasteiger partial charge in [-0.3, -0.25) is 4.79 Å². The predicted octanol–water partition coefficient (Wildman–Crippen LogP) is 5.01. The number of esters is 2. The number of carbonyl (C=O) groups excluding carboxylic acids is 2. The molecule has 5 rings (SSSR count). The van der Waals surface area contributed by atoms with Crippen molar-refractivity contribution in [1.29, 1.82) is 0 Å². The second kappa shape index (κ2) is 6.84. The Labute approximate surface area is 192 Å². The molecule has 5 nitrogen and oxygen atoms in total. The summed E-state index contributed by atoms with van der Waals surface area (Å²) < 4.78 is 11.4. The molecular weight excluding hydrogens is 404 g/mol. The van der Waals surface area contributed by atoms with E-state index in [1.807, 2.05) is 6.08 Å². The molecule has 4 aliphatic carbocycles. The maximum atomic E-state index is 12.5. The van der Waals surface area contributed by atoms with E-state index in [4.69, 9.17) is 9.47 Å². The summed E-state index contributed by atoms with van der Waals surface area (Å²) in [5.41, 5.74) is 0.651. The highest BCUT2D eigenvalue weighted by Crippen LogP contribution is 2.73. The van der Waals surface area contributed by atoms with Crippen molar-refractivity contribution in [3.05, 3.63) is 11.6 Å². The Kier molecular flexibility index (Phi) is 4.79. The molecule has 0 unspecified atom stereocenters. The van der Waals surface area contributed by atoms with Crippen molar-refractivity contribution >= 4 is 11.9 Å². The van der Waals surface area contributed by atoms with Crippen LogP contribution in [-0.4, -0.2) is 29.4 Å². The zero-order chi connectivity index (χ0) is 23.3. The fourth-order valence-corrected chi connectivity index (χ4v) is 9.98. The molecule has 9 atom stereocenters. The van der Waals surface area contributed by atoms with Crippen molar-refractivity contribution in [1.82, 2.24) is 0 Å². The van der Waals surface area contributed by atoms with Gasteiger partial charge in [-0.1, -0.05) is 47.1 Å². The molecule has 3 saturated carbocycles. The van der Waals surface area contributed by atoms with E-state index in [1.165, 1.54) is 32.6 Å². The van der Waals surface area contributed by atoms with E-state index in [0.717, 1.165) is 19.3 Å². The van der Waals surface area contributed by atoms with Gasteiger partial charge in [0.2, 0.25) is 6.29 Å². The average Bonchev–Trinajstić information content (AvgIpc) is 2.97. The van der Waals surface area contributed by atoms with Crippen molar-refractivity contribution in [3.8, 4) is 0 Å². The Bertz CT molecular complexity index is 875. The second-order valence-corrected chi connectivity index (χ2v) is 12.9. The van der Waals surface area contributed by atoms with Crippen LogP contribution in [0.4, 0.5) is 0 Å². The maximum Gasteiger partial charge on any atom is 0.336 e. The Hall–Kier alpha value is -1.36. The molecular formula is C27H40O5. The molecule has 0 aromatic heterocycles. The topological polar surface area (TPSA) is 72.8 Å². The summed E-state index contributed by atoms with van der Waals surface area (Å²) >= 11 is 0. The number of rotatable bonds is 1. The van der Waals surface area contributed by atoms with E-state index in [-0.39, 0.29) is 28.8 Å². The summed E-state index contributed by atoms with van der Waals surface area (Å²) in [7, 11) is 0. The average molecular weight is 445 g/mol. The molecule has 0 spiro atoms. The highest BCUT2D eigenvalue weighted by Gasteiger charge is 2.71. The Morgan fingerprint density at radius 2 is 1.75 bits per heavy atom. The Balaban J connectivity index is 1.64. The fourth-order valence-electron chi connectivity index (χ4n) is 9.98. The minimum Gasteiger partial charge on any atom is -0.462 e. The summed E-state index contributed by atoms with van der Waals surface area (Å²) in [5.74, 6) is 0.196. The van der Waals surface area contributed by atoms with Gasteiger partial charge in [0.25, 0.3) is 0 Å². The third kappa shape index (κ3) is 2.72. The van der Waals surface area contributed by atoms with Crippen molar-refractivity contribution in [3.63, 3.8) is 0 Å². The number of carbonyl (C=O) groups is 2. The summed E-state index contributed by atoms with van der Waals surface area (Å²) in [5, 5.41) is 10.8. The molecule has 0 bridgehead atoms. The molecule has 1 aliphatic heterocycles. The standard InChI is InChI=1S/C27H40O5/c1-15(28)31-20-14-19-25(4)12-7-11-24(2,3)17(25)10-13-26(19,5)18-9-8-16-21(27(18,20)6)23(30)32-22(16)29/h8,17-21,23,30H,7,9-14H2,1-6H3/t17-,18-,19+,20-,21+,23+,25-,26-,27+/m0/s1. The van der Waals surface area contributed by atoms with Gasteiger partial charge in [0.1, 0.15) is 6.10 Å². The van der Waals surface area contributed by atoms with Crippen LogP contribution in [0.1, 0.15) is 86.5 Å². The second-order valence-electron chi connectivity index (χ2n) is 12.9. The summed E-state index contributed by atoms with van der Waals surface area (Å²) in [6, 6.07) is 0. The lowest BCUT2D eigenvalue weighted by atomic mass is 9.34. The van der Waals surface area contributed by atoms with Crippen LogP contribution in [0.5, 0.6) is 0 Å². The molecule has 5 heteroatoms. The molecule has 4 fully saturated rings. The fraction of sp³-hybridized carbons (Fsp3) is 0.852. The maximum absolute atomic E-state index is 12.5. The monoisotopic (exact) mass is 444 g/mol. The van der Waals surface area contributed by atoms with Crippen molar-refractivity contribution in [2.45, 2.75) is 98.9 Å². The highest BCUT2D eigenvalue weighted by molar-refractivity contribution is 5.91. The van der Waals surface area contributed by atoms with Crippen LogP contribution < -0.4 is 0 Å². The number of hydrogen-bond donors (Lipinski definition) is 1. The smallest absolute Gasteiger partial charge is 0.336 e. The predicted molar refractivity (Wildman–Crippen MR) is 120 cm³/mol. The first kappa shape index (κ1) is 22.4. The van der Waals surface area contributed by atoms with Gasteiger partial charge >= 0.3 is 11.9 Å². The van der Waals surface area contributed by atoms with Gasteiger partial charge in [-0.15, -0.1) is 0 Å². The van der Waals surface area contributed by atoms with Crippen LogP contribution in [-0.2, 0) is 19.1 Å². The van der Waals surface area contributed by atoms with Crippen molar-refractivity contribution in [2.24, 2.45) is 45.3 Å². The molecule has 0 radical (unpaired) electrons. The van der Waals surface area contributed by atoms with Crippen LogP contribution in [0.15, 0.2) is 11.6 Å².